The van der Waals surface area contributed by atoms with Gasteiger partial charge >= 0.3 is 12.1 Å². The van der Waals surface area contributed by atoms with E-state index >= 15 is 0 Å². The molecule has 0 saturated carbocycles. The summed E-state index contributed by atoms with van der Waals surface area (Å²) in [5.41, 5.74) is -0.332. The molecular formula is C14H20ClN3O4. The fraction of sp³-hybridized carbons (Fsp3) is 0.643. The zero-order valence-corrected chi connectivity index (χ0v) is 13.9. The smallest absolute Gasteiger partial charge is 0.410 e. The summed E-state index contributed by atoms with van der Waals surface area (Å²) in [5, 5.41) is 4.38. The van der Waals surface area contributed by atoms with Crippen LogP contribution in [0, 0.1) is 0 Å². The second kappa shape index (κ2) is 6.16. The van der Waals surface area contributed by atoms with Crippen molar-refractivity contribution in [3.63, 3.8) is 0 Å². The van der Waals surface area contributed by atoms with Crippen LogP contribution in [-0.2, 0) is 9.47 Å². The Kier molecular flexibility index (Phi) is 4.65. The van der Waals surface area contributed by atoms with Crippen LogP contribution in [0.25, 0.3) is 0 Å². The fourth-order valence-corrected chi connectivity index (χ4v) is 2.55. The Labute approximate surface area is 134 Å². The maximum absolute atomic E-state index is 12.1. The Morgan fingerprint density at radius 1 is 1.41 bits per heavy atom. The summed E-state index contributed by atoms with van der Waals surface area (Å²) in [7, 11) is 1.29. The number of hydrogen-bond acceptors (Lipinski definition) is 5. The average molecular weight is 330 g/mol. The van der Waals surface area contributed by atoms with Gasteiger partial charge in [0.1, 0.15) is 5.60 Å². The number of hydrogen-bond donors (Lipinski definition) is 0. The van der Waals surface area contributed by atoms with Gasteiger partial charge in [0, 0.05) is 13.1 Å². The number of amides is 1. The van der Waals surface area contributed by atoms with Crippen LogP contribution in [0.5, 0.6) is 0 Å². The summed E-state index contributed by atoms with van der Waals surface area (Å²) in [5.74, 6) is -0.543. The van der Waals surface area contributed by atoms with Crippen LogP contribution >= 0.6 is 11.6 Å². The number of carbonyl (C=O) groups is 2. The van der Waals surface area contributed by atoms with Crippen LogP contribution in [0.15, 0.2) is 6.20 Å². The number of aromatic nitrogens is 2. The van der Waals surface area contributed by atoms with E-state index in [1.807, 2.05) is 20.8 Å². The Morgan fingerprint density at radius 3 is 2.68 bits per heavy atom. The number of halogens is 1. The number of ether oxygens (including phenoxy) is 2. The molecule has 22 heavy (non-hydrogen) atoms. The van der Waals surface area contributed by atoms with Crippen LogP contribution in [0.2, 0.25) is 5.02 Å². The van der Waals surface area contributed by atoms with Crippen LogP contribution < -0.4 is 0 Å². The first-order valence-electron chi connectivity index (χ1n) is 7.02. The minimum Gasteiger partial charge on any atom is -0.464 e. The summed E-state index contributed by atoms with van der Waals surface area (Å²) in [6.07, 6.45) is 1.71. The Morgan fingerprint density at radius 2 is 2.09 bits per heavy atom. The van der Waals surface area contributed by atoms with Crippen LogP contribution in [0.4, 0.5) is 4.79 Å². The van der Waals surface area contributed by atoms with Gasteiger partial charge in [-0.2, -0.15) is 5.10 Å². The van der Waals surface area contributed by atoms with Crippen LogP contribution in [0.1, 0.15) is 43.7 Å². The van der Waals surface area contributed by atoms with Gasteiger partial charge in [0.2, 0.25) is 0 Å². The standard InChI is InChI=1S/C14H20ClN3O4/c1-14(2,3)22-13(20)17-6-5-9(8-17)18-11(12(19)21-4)10(15)7-16-18/h7,9H,5-6,8H2,1-4H3. The van der Waals surface area contributed by atoms with E-state index in [9.17, 15) is 9.59 Å². The molecule has 2 rings (SSSR count). The van der Waals surface area contributed by atoms with Crippen molar-refractivity contribution in [2.24, 2.45) is 0 Å². The third-order valence-corrected chi connectivity index (χ3v) is 3.57. The first-order valence-corrected chi connectivity index (χ1v) is 7.40. The van der Waals surface area contributed by atoms with Gasteiger partial charge in [-0.1, -0.05) is 11.6 Å². The Bertz CT molecular complexity index is 579. The topological polar surface area (TPSA) is 73.7 Å². The van der Waals surface area contributed by atoms with E-state index in [-0.39, 0.29) is 22.9 Å². The molecule has 0 bridgehead atoms. The van der Waals surface area contributed by atoms with E-state index in [0.29, 0.717) is 19.5 Å². The van der Waals surface area contributed by atoms with Gasteiger partial charge in [0.25, 0.3) is 0 Å². The molecule has 8 heteroatoms. The third-order valence-electron chi connectivity index (χ3n) is 3.29. The zero-order valence-electron chi connectivity index (χ0n) is 13.1. The second-order valence-corrected chi connectivity index (χ2v) is 6.55. The number of nitrogens with zero attached hydrogens (tertiary/aromatic N) is 3. The first-order chi connectivity index (χ1) is 10.2. The van der Waals surface area contributed by atoms with Crippen molar-refractivity contribution < 1.29 is 19.1 Å². The highest BCUT2D eigenvalue weighted by Gasteiger charge is 2.33. The lowest BCUT2D eigenvalue weighted by molar-refractivity contribution is 0.0288. The Balaban J connectivity index is 2.11. The minimum atomic E-state index is -0.543. The molecule has 2 heterocycles. The van der Waals surface area contributed by atoms with Crippen molar-refractivity contribution in [2.75, 3.05) is 20.2 Å². The molecule has 0 spiro atoms. The maximum Gasteiger partial charge on any atom is 0.410 e. The monoisotopic (exact) mass is 329 g/mol. The van der Waals surface area contributed by atoms with Gasteiger partial charge in [-0.3, -0.25) is 4.68 Å². The van der Waals surface area contributed by atoms with E-state index < -0.39 is 11.6 Å². The molecular weight excluding hydrogens is 310 g/mol. The van der Waals surface area contributed by atoms with E-state index in [1.54, 1.807) is 4.90 Å². The van der Waals surface area contributed by atoms with Gasteiger partial charge in [-0.25, -0.2) is 9.59 Å². The second-order valence-electron chi connectivity index (χ2n) is 6.15. The van der Waals surface area contributed by atoms with Crippen LogP contribution in [0.3, 0.4) is 0 Å². The summed E-state index contributed by atoms with van der Waals surface area (Å²) in [6.45, 7) is 6.41. The maximum atomic E-state index is 12.1. The lowest BCUT2D eigenvalue weighted by Gasteiger charge is -2.24. The highest BCUT2D eigenvalue weighted by Crippen LogP contribution is 2.27. The summed E-state index contributed by atoms with van der Waals surface area (Å²) in [4.78, 5) is 25.5. The summed E-state index contributed by atoms with van der Waals surface area (Å²) >= 11 is 5.99. The predicted octanol–water partition coefficient (Wildman–Crippen LogP) is 2.51. The van der Waals surface area contributed by atoms with E-state index in [4.69, 9.17) is 21.1 Å². The molecule has 1 atom stereocenters. The predicted molar refractivity (Wildman–Crippen MR) is 80.0 cm³/mol. The number of likely N-dealkylation sites (tertiary alicyclic amines) is 1. The van der Waals surface area contributed by atoms with Gasteiger partial charge in [0.05, 0.1) is 24.4 Å². The molecule has 1 aliphatic rings. The SMILES string of the molecule is COC(=O)c1c(Cl)cnn1C1CCN(C(=O)OC(C)(C)C)C1. The molecule has 1 aromatic heterocycles. The highest BCUT2D eigenvalue weighted by atomic mass is 35.5. The van der Waals surface area contributed by atoms with Crippen molar-refractivity contribution in [1.82, 2.24) is 14.7 Å². The van der Waals surface area contributed by atoms with Crippen molar-refractivity contribution >= 4 is 23.7 Å². The number of rotatable bonds is 2. The number of esters is 1. The van der Waals surface area contributed by atoms with Crippen molar-refractivity contribution in [3.05, 3.63) is 16.9 Å². The van der Waals surface area contributed by atoms with Gasteiger partial charge < -0.3 is 14.4 Å². The number of carbonyl (C=O) groups excluding carboxylic acids is 2. The van der Waals surface area contributed by atoms with Gasteiger partial charge in [-0.05, 0) is 27.2 Å². The minimum absolute atomic E-state index is 0.130. The quantitative estimate of drug-likeness (QED) is 0.779. The molecule has 0 N–H and O–H groups in total. The fourth-order valence-electron chi connectivity index (χ4n) is 2.34. The number of methoxy groups -OCH3 is 1. The van der Waals surface area contributed by atoms with Crippen molar-refractivity contribution in [2.45, 2.75) is 38.8 Å². The largest absolute Gasteiger partial charge is 0.464 e. The van der Waals surface area contributed by atoms with E-state index in [2.05, 4.69) is 5.10 Å². The van der Waals surface area contributed by atoms with Gasteiger partial charge in [0.15, 0.2) is 5.69 Å². The molecule has 122 valence electrons. The average Bonchev–Trinajstić information content (AvgIpc) is 3.02. The van der Waals surface area contributed by atoms with Crippen LogP contribution in [-0.4, -0.2) is 52.5 Å². The molecule has 0 aliphatic carbocycles. The molecule has 0 radical (unpaired) electrons. The molecule has 7 nitrogen and oxygen atoms in total. The summed E-state index contributed by atoms with van der Waals surface area (Å²) < 4.78 is 11.6. The molecule has 1 saturated heterocycles. The molecule has 1 aromatic rings. The lowest BCUT2D eigenvalue weighted by atomic mass is 10.2. The lowest BCUT2D eigenvalue weighted by Crippen LogP contribution is -2.35. The third kappa shape index (κ3) is 3.52. The molecule has 0 aromatic carbocycles. The summed E-state index contributed by atoms with van der Waals surface area (Å²) in [6, 6.07) is -0.130. The normalized spacial score (nSPS) is 18.4. The zero-order chi connectivity index (χ0) is 16.5. The van der Waals surface area contributed by atoms with E-state index in [1.165, 1.54) is 18.0 Å². The van der Waals surface area contributed by atoms with Crippen molar-refractivity contribution in [1.29, 1.82) is 0 Å². The van der Waals surface area contributed by atoms with Gasteiger partial charge in [-0.15, -0.1) is 0 Å². The molecule has 1 fully saturated rings. The van der Waals surface area contributed by atoms with E-state index in [0.717, 1.165) is 0 Å². The molecule has 1 unspecified atom stereocenters. The first kappa shape index (κ1) is 16.6. The van der Waals surface area contributed by atoms with Crippen molar-refractivity contribution in [3.8, 4) is 0 Å². The molecule has 1 amide bonds. The molecule has 1 aliphatic heterocycles. The highest BCUT2D eigenvalue weighted by molar-refractivity contribution is 6.33. The Hall–Kier alpha value is -1.76.